The highest BCUT2D eigenvalue weighted by atomic mass is 16.5. The van der Waals surface area contributed by atoms with Gasteiger partial charge in [-0.3, -0.25) is 14.5 Å². The van der Waals surface area contributed by atoms with Gasteiger partial charge < -0.3 is 24.7 Å². The molecule has 1 aliphatic heterocycles. The third-order valence-electron chi connectivity index (χ3n) is 6.36. The highest BCUT2D eigenvalue weighted by molar-refractivity contribution is 6.51. The second kappa shape index (κ2) is 10.5. The number of nitrogens with one attached hydrogen (secondary N) is 1. The van der Waals surface area contributed by atoms with E-state index >= 15 is 0 Å². The van der Waals surface area contributed by atoms with E-state index in [-0.39, 0.29) is 28.8 Å². The number of aliphatic hydroxyl groups is 1. The Balaban J connectivity index is 1.65. The molecule has 9 heteroatoms. The Kier molecular flexibility index (Phi) is 6.98. The van der Waals surface area contributed by atoms with E-state index in [4.69, 9.17) is 9.47 Å². The topological polar surface area (TPSA) is 125 Å². The van der Waals surface area contributed by atoms with Crippen LogP contribution in [0, 0.1) is 5.92 Å². The van der Waals surface area contributed by atoms with Gasteiger partial charge in [-0.2, -0.15) is 0 Å². The van der Waals surface area contributed by atoms with Crippen LogP contribution in [0.25, 0.3) is 16.8 Å². The molecule has 200 valence electrons. The maximum atomic E-state index is 13.5. The number of phenols is 1. The van der Waals surface area contributed by atoms with Crippen molar-refractivity contribution in [1.29, 1.82) is 0 Å². The molecule has 0 saturated carbocycles. The van der Waals surface area contributed by atoms with E-state index in [2.05, 4.69) is 9.97 Å². The average Bonchev–Trinajstić information content (AvgIpc) is 3.47. The molecule has 1 atom stereocenters. The van der Waals surface area contributed by atoms with Gasteiger partial charge in [0.15, 0.2) is 11.5 Å². The first-order valence-corrected chi connectivity index (χ1v) is 12.7. The number of carbonyl (C=O) groups is 2. The molecule has 3 N–H and O–H groups in total. The molecular weight excluding hydrogens is 498 g/mol. The highest BCUT2D eigenvalue weighted by Gasteiger charge is 2.48. The smallest absolute Gasteiger partial charge is 0.302 e. The molecule has 9 nitrogen and oxygen atoms in total. The van der Waals surface area contributed by atoms with Crippen LogP contribution in [0.3, 0.4) is 0 Å². The van der Waals surface area contributed by atoms with Crippen LogP contribution in [0.2, 0.25) is 0 Å². The number of fused-ring (bicyclic) bond motifs is 1. The average molecular weight is 528 g/mol. The Hall–Kier alpha value is -4.79. The first-order valence-electron chi connectivity index (χ1n) is 12.7. The van der Waals surface area contributed by atoms with Crippen molar-refractivity contribution < 1.29 is 29.3 Å². The van der Waals surface area contributed by atoms with E-state index in [1.54, 1.807) is 49.4 Å². The molecule has 1 saturated heterocycles. The zero-order chi connectivity index (χ0) is 27.7. The van der Waals surface area contributed by atoms with Gasteiger partial charge in [0.05, 0.1) is 35.9 Å². The fourth-order valence-electron chi connectivity index (χ4n) is 4.52. The molecule has 1 aromatic heterocycles. The third kappa shape index (κ3) is 4.90. The fourth-order valence-corrected chi connectivity index (χ4v) is 4.52. The number of ketones is 1. The first kappa shape index (κ1) is 25.8. The number of imidazole rings is 1. The van der Waals surface area contributed by atoms with Crippen molar-refractivity contribution in [3.8, 4) is 17.2 Å². The van der Waals surface area contributed by atoms with E-state index in [1.165, 1.54) is 11.0 Å². The number of hydrogen-bond acceptors (Lipinski definition) is 7. The Labute approximate surface area is 225 Å². The van der Waals surface area contributed by atoms with Gasteiger partial charge in [0.25, 0.3) is 5.78 Å². The normalized spacial score (nSPS) is 16.8. The summed E-state index contributed by atoms with van der Waals surface area (Å²) in [5, 5.41) is 21.7. The predicted octanol–water partition coefficient (Wildman–Crippen LogP) is 5.33. The fraction of sp³-hybridized carbons (Fsp3) is 0.233. The predicted molar refractivity (Wildman–Crippen MR) is 147 cm³/mol. The summed E-state index contributed by atoms with van der Waals surface area (Å²) in [5.41, 5.74) is 2.00. The van der Waals surface area contributed by atoms with Crippen molar-refractivity contribution in [2.75, 3.05) is 18.1 Å². The molecular formula is C30H29N3O6. The van der Waals surface area contributed by atoms with Crippen molar-refractivity contribution in [3.63, 3.8) is 0 Å². The highest BCUT2D eigenvalue weighted by Crippen LogP contribution is 2.43. The zero-order valence-corrected chi connectivity index (χ0v) is 21.8. The lowest BCUT2D eigenvalue weighted by Gasteiger charge is -2.23. The van der Waals surface area contributed by atoms with Gasteiger partial charge in [0, 0.05) is 5.56 Å². The van der Waals surface area contributed by atoms with Gasteiger partial charge >= 0.3 is 5.91 Å². The molecule has 2 heterocycles. The molecule has 0 bridgehead atoms. The summed E-state index contributed by atoms with van der Waals surface area (Å²) in [5.74, 6) is -0.800. The minimum absolute atomic E-state index is 0.0849. The van der Waals surface area contributed by atoms with Crippen molar-refractivity contribution in [2.24, 2.45) is 5.92 Å². The van der Waals surface area contributed by atoms with Gasteiger partial charge in [-0.1, -0.05) is 32.0 Å². The number of Topliss-reactive ketones (excluding diaryl/α,β-unsaturated/α-hetero) is 1. The third-order valence-corrected chi connectivity index (χ3v) is 6.36. The van der Waals surface area contributed by atoms with Crippen molar-refractivity contribution in [1.82, 2.24) is 9.97 Å². The lowest BCUT2D eigenvalue weighted by atomic mass is 9.95. The number of H-pyrrole nitrogens is 1. The number of hydrogen-bond donors (Lipinski definition) is 3. The van der Waals surface area contributed by atoms with E-state index in [0.29, 0.717) is 47.0 Å². The molecule has 3 aromatic carbocycles. The summed E-state index contributed by atoms with van der Waals surface area (Å²) in [4.78, 5) is 35.8. The number of nitrogens with zero attached hydrogens (tertiary/aromatic N) is 2. The van der Waals surface area contributed by atoms with Crippen LogP contribution < -0.4 is 14.4 Å². The molecule has 1 amide bonds. The molecule has 1 fully saturated rings. The van der Waals surface area contributed by atoms with Gasteiger partial charge in [-0.15, -0.1) is 0 Å². The first-order chi connectivity index (χ1) is 18.8. The maximum Gasteiger partial charge on any atom is 0.302 e. The van der Waals surface area contributed by atoms with E-state index in [1.807, 2.05) is 32.0 Å². The van der Waals surface area contributed by atoms with Gasteiger partial charge in [-0.05, 0) is 66.9 Å². The van der Waals surface area contributed by atoms with Gasteiger partial charge in [0.2, 0.25) is 5.95 Å². The number of aromatic hydroxyl groups is 1. The summed E-state index contributed by atoms with van der Waals surface area (Å²) < 4.78 is 11.3. The monoisotopic (exact) mass is 527 g/mol. The van der Waals surface area contributed by atoms with Crippen molar-refractivity contribution in [3.05, 3.63) is 83.4 Å². The van der Waals surface area contributed by atoms with Crippen molar-refractivity contribution in [2.45, 2.75) is 26.8 Å². The lowest BCUT2D eigenvalue weighted by Crippen LogP contribution is -2.30. The summed E-state index contributed by atoms with van der Waals surface area (Å²) >= 11 is 0. The number of aromatic nitrogens is 2. The molecule has 0 radical (unpaired) electrons. The Morgan fingerprint density at radius 1 is 1.05 bits per heavy atom. The zero-order valence-electron chi connectivity index (χ0n) is 21.8. The van der Waals surface area contributed by atoms with E-state index < -0.39 is 17.7 Å². The lowest BCUT2D eigenvalue weighted by molar-refractivity contribution is -0.132. The molecule has 1 unspecified atom stereocenters. The summed E-state index contributed by atoms with van der Waals surface area (Å²) in [6.45, 7) is 6.70. The van der Waals surface area contributed by atoms with Crippen LogP contribution in [0.1, 0.15) is 37.9 Å². The summed E-state index contributed by atoms with van der Waals surface area (Å²) in [6.07, 6.45) is 0. The van der Waals surface area contributed by atoms with Crippen LogP contribution in [-0.2, 0) is 9.59 Å². The van der Waals surface area contributed by atoms with Crippen LogP contribution >= 0.6 is 0 Å². The van der Waals surface area contributed by atoms with Crippen LogP contribution in [-0.4, -0.2) is 45.1 Å². The van der Waals surface area contributed by atoms with Gasteiger partial charge in [-0.25, -0.2) is 4.98 Å². The number of aromatic amines is 1. The quantitative estimate of drug-likeness (QED) is 0.161. The standard InChI is InChI=1S/C30H29N3O6/c1-4-38-24-15-19(11-14-23(24)34)26-25(27(35)18-9-12-20(13-10-18)39-16-17(2)3)28(36)29(37)33(26)30-31-21-7-5-6-8-22(21)32-30/h5-15,17,26,34-35H,4,16H2,1-3H3,(H,31,32)/b27-25+. The largest absolute Gasteiger partial charge is 0.507 e. The molecule has 5 rings (SSSR count). The molecule has 4 aromatic rings. The number of aliphatic hydroxyl groups excluding tert-OH is 1. The molecule has 1 aliphatic rings. The van der Waals surface area contributed by atoms with Crippen LogP contribution in [0.5, 0.6) is 17.2 Å². The Morgan fingerprint density at radius 3 is 2.49 bits per heavy atom. The number of amides is 1. The second-order valence-corrected chi connectivity index (χ2v) is 9.64. The molecule has 0 spiro atoms. The minimum Gasteiger partial charge on any atom is -0.507 e. The van der Waals surface area contributed by atoms with Crippen molar-refractivity contribution >= 4 is 34.4 Å². The number of benzene rings is 3. The molecule has 39 heavy (non-hydrogen) atoms. The Morgan fingerprint density at radius 2 is 1.79 bits per heavy atom. The Bertz CT molecular complexity index is 1540. The number of ether oxygens (including phenoxy) is 2. The number of rotatable bonds is 8. The van der Waals surface area contributed by atoms with E-state index in [9.17, 15) is 19.8 Å². The maximum absolute atomic E-state index is 13.5. The number of carbonyl (C=O) groups excluding carboxylic acids is 2. The van der Waals surface area contributed by atoms with E-state index in [0.717, 1.165) is 0 Å². The number of phenolic OH excluding ortho intramolecular Hbond substituents is 1. The SMILES string of the molecule is CCOc1cc(C2/C(=C(\O)c3ccc(OCC(C)C)cc3)C(=O)C(=O)N2c2nc3ccccc3[nH]2)ccc1O. The van der Waals surface area contributed by atoms with Crippen LogP contribution in [0.4, 0.5) is 5.95 Å². The number of anilines is 1. The summed E-state index contributed by atoms with van der Waals surface area (Å²) in [7, 11) is 0. The number of para-hydroxylation sites is 2. The second-order valence-electron chi connectivity index (χ2n) is 9.64. The summed E-state index contributed by atoms with van der Waals surface area (Å²) in [6, 6.07) is 17.5. The van der Waals surface area contributed by atoms with Gasteiger partial charge in [0.1, 0.15) is 11.5 Å². The van der Waals surface area contributed by atoms with Crippen LogP contribution in [0.15, 0.2) is 72.3 Å². The minimum atomic E-state index is -1.04. The molecule has 0 aliphatic carbocycles.